The Bertz CT molecular complexity index is 727. The molecule has 0 aliphatic rings. The number of methoxy groups -OCH3 is 1. The van der Waals surface area contributed by atoms with Crippen LogP contribution in [0.1, 0.15) is 28.4 Å². The maximum absolute atomic E-state index is 12.0. The Morgan fingerprint density at radius 1 is 1.22 bits per heavy atom. The summed E-state index contributed by atoms with van der Waals surface area (Å²) >= 11 is 5.93. The predicted octanol–water partition coefficient (Wildman–Crippen LogP) is 3.39. The molecular weight excluding hydrogens is 316 g/mol. The number of rotatable bonds is 5. The summed E-state index contributed by atoms with van der Waals surface area (Å²) in [5, 5.41) is 4.14. The third-order valence-electron chi connectivity index (χ3n) is 3.26. The number of halogens is 1. The van der Waals surface area contributed by atoms with Gasteiger partial charge in [0, 0.05) is 5.02 Å². The van der Waals surface area contributed by atoms with Crippen molar-refractivity contribution in [1.29, 1.82) is 0 Å². The molecule has 0 unspecified atom stereocenters. The number of aryl methyl sites for hydroxylation is 1. The largest absolute Gasteiger partial charge is 0.496 e. The van der Waals surface area contributed by atoms with Gasteiger partial charge in [-0.05, 0) is 42.3 Å². The van der Waals surface area contributed by atoms with Crippen LogP contribution in [0.3, 0.4) is 0 Å². The van der Waals surface area contributed by atoms with Crippen LogP contribution in [0.4, 0.5) is 0 Å². The van der Waals surface area contributed by atoms with Gasteiger partial charge in [-0.1, -0.05) is 35.8 Å². The van der Waals surface area contributed by atoms with Gasteiger partial charge in [0.25, 0.3) is 0 Å². The third kappa shape index (κ3) is 4.23. The Hall–Kier alpha value is -2.53. The Kier molecular flexibility index (Phi) is 5.60. The van der Waals surface area contributed by atoms with Gasteiger partial charge < -0.3 is 15.3 Å². The van der Waals surface area contributed by atoms with E-state index in [9.17, 15) is 4.79 Å². The molecule has 0 saturated heterocycles. The van der Waals surface area contributed by atoms with Gasteiger partial charge in [-0.3, -0.25) is 0 Å². The summed E-state index contributed by atoms with van der Waals surface area (Å²) in [6, 6.07) is 12.0. The summed E-state index contributed by atoms with van der Waals surface area (Å²) in [4.78, 5) is 16.8. The standard InChI is InChI=1S/C17H17ClN2O3/c1-3-11-4-6-12(7-5-11)17(21)23-20-16(19)14-10-13(18)8-9-15(14)22-2/h4-10H,3H2,1-2H3,(H2,19,20). The van der Waals surface area contributed by atoms with Crippen molar-refractivity contribution in [2.75, 3.05) is 7.11 Å². The molecule has 0 heterocycles. The third-order valence-corrected chi connectivity index (χ3v) is 3.50. The molecule has 2 rings (SSSR count). The van der Waals surface area contributed by atoms with E-state index in [1.165, 1.54) is 7.11 Å². The maximum atomic E-state index is 12.0. The Morgan fingerprint density at radius 3 is 2.52 bits per heavy atom. The second kappa shape index (κ2) is 7.65. The fourth-order valence-corrected chi connectivity index (χ4v) is 2.12. The van der Waals surface area contributed by atoms with Crippen molar-refractivity contribution < 1.29 is 14.4 Å². The van der Waals surface area contributed by atoms with Crippen LogP contribution in [0.5, 0.6) is 5.75 Å². The fourth-order valence-electron chi connectivity index (χ4n) is 1.95. The number of nitrogens with two attached hydrogens (primary N) is 1. The van der Waals surface area contributed by atoms with Crippen LogP contribution in [0.25, 0.3) is 0 Å². The number of oxime groups is 1. The first kappa shape index (κ1) is 16.8. The zero-order valence-corrected chi connectivity index (χ0v) is 13.6. The second-order valence-corrected chi connectivity index (χ2v) is 5.19. The number of ether oxygens (including phenoxy) is 1. The Morgan fingerprint density at radius 2 is 1.91 bits per heavy atom. The van der Waals surface area contributed by atoms with E-state index in [4.69, 9.17) is 26.9 Å². The molecule has 2 N–H and O–H groups in total. The van der Waals surface area contributed by atoms with Gasteiger partial charge in [0.2, 0.25) is 0 Å². The number of benzene rings is 2. The average Bonchev–Trinajstić information content (AvgIpc) is 2.59. The number of nitrogens with zero attached hydrogens (tertiary/aromatic N) is 1. The highest BCUT2D eigenvalue weighted by atomic mass is 35.5. The topological polar surface area (TPSA) is 73.9 Å². The molecule has 23 heavy (non-hydrogen) atoms. The van der Waals surface area contributed by atoms with Crippen LogP contribution < -0.4 is 10.5 Å². The molecule has 0 atom stereocenters. The molecule has 6 heteroatoms. The van der Waals surface area contributed by atoms with Crippen LogP contribution in [0.15, 0.2) is 47.6 Å². The molecule has 0 amide bonds. The molecule has 0 bridgehead atoms. The van der Waals surface area contributed by atoms with Gasteiger partial charge in [-0.2, -0.15) is 0 Å². The lowest BCUT2D eigenvalue weighted by molar-refractivity contribution is 0.0516. The number of hydrogen-bond donors (Lipinski definition) is 1. The summed E-state index contributed by atoms with van der Waals surface area (Å²) in [5.74, 6) is -0.0986. The van der Waals surface area contributed by atoms with E-state index in [0.29, 0.717) is 21.9 Å². The molecule has 5 nitrogen and oxygen atoms in total. The van der Waals surface area contributed by atoms with Gasteiger partial charge in [0.1, 0.15) is 5.75 Å². The van der Waals surface area contributed by atoms with Crippen LogP contribution in [0, 0.1) is 0 Å². The van der Waals surface area contributed by atoms with E-state index < -0.39 is 5.97 Å². The summed E-state index contributed by atoms with van der Waals surface area (Å²) in [6.45, 7) is 2.04. The Balaban J connectivity index is 2.15. The van der Waals surface area contributed by atoms with Crippen LogP contribution in [-0.2, 0) is 11.3 Å². The maximum Gasteiger partial charge on any atom is 0.365 e. The van der Waals surface area contributed by atoms with Crippen molar-refractivity contribution >= 4 is 23.4 Å². The number of carbonyl (C=O) groups excluding carboxylic acids is 1. The zero-order valence-electron chi connectivity index (χ0n) is 12.9. The van der Waals surface area contributed by atoms with Crippen LogP contribution in [0.2, 0.25) is 5.02 Å². The first-order chi connectivity index (χ1) is 11.0. The van der Waals surface area contributed by atoms with Gasteiger partial charge >= 0.3 is 5.97 Å². The smallest absolute Gasteiger partial charge is 0.365 e. The molecule has 120 valence electrons. The first-order valence-electron chi connectivity index (χ1n) is 7.02. The normalized spacial score (nSPS) is 11.2. The number of hydrogen-bond acceptors (Lipinski definition) is 4. The molecule has 2 aromatic rings. The van der Waals surface area contributed by atoms with Gasteiger partial charge in [0.05, 0.1) is 18.2 Å². The van der Waals surface area contributed by atoms with Crippen LogP contribution in [-0.4, -0.2) is 18.9 Å². The fraction of sp³-hybridized carbons (Fsp3) is 0.176. The van der Waals surface area contributed by atoms with Crippen molar-refractivity contribution in [3.8, 4) is 5.75 Å². The lowest BCUT2D eigenvalue weighted by atomic mass is 10.1. The number of carbonyl (C=O) groups is 1. The summed E-state index contributed by atoms with van der Waals surface area (Å²) in [7, 11) is 1.50. The molecule has 0 spiro atoms. The highest BCUT2D eigenvalue weighted by Gasteiger charge is 2.11. The van der Waals surface area contributed by atoms with Crippen molar-refractivity contribution in [3.63, 3.8) is 0 Å². The quantitative estimate of drug-likeness (QED) is 0.394. The summed E-state index contributed by atoms with van der Waals surface area (Å²) in [5.41, 5.74) is 7.83. The lowest BCUT2D eigenvalue weighted by Gasteiger charge is -2.08. The lowest BCUT2D eigenvalue weighted by Crippen LogP contribution is -2.16. The SMILES string of the molecule is CCc1ccc(C(=O)O/N=C(\N)c2cc(Cl)ccc2OC)cc1. The second-order valence-electron chi connectivity index (χ2n) is 4.75. The van der Waals surface area contributed by atoms with Gasteiger partial charge in [-0.15, -0.1) is 0 Å². The molecule has 0 aliphatic heterocycles. The van der Waals surface area contributed by atoms with Crippen molar-refractivity contribution in [2.45, 2.75) is 13.3 Å². The minimum Gasteiger partial charge on any atom is -0.496 e. The molecule has 0 aromatic heterocycles. The van der Waals surface area contributed by atoms with E-state index >= 15 is 0 Å². The average molecular weight is 333 g/mol. The zero-order chi connectivity index (χ0) is 16.8. The van der Waals surface area contributed by atoms with E-state index in [-0.39, 0.29) is 5.84 Å². The van der Waals surface area contributed by atoms with Crippen LogP contribution >= 0.6 is 11.6 Å². The van der Waals surface area contributed by atoms with Crippen molar-refractivity contribution in [1.82, 2.24) is 0 Å². The minimum atomic E-state index is -0.586. The molecular formula is C17H17ClN2O3. The van der Waals surface area contributed by atoms with Gasteiger partial charge in [-0.25, -0.2) is 4.79 Å². The molecule has 0 fully saturated rings. The predicted molar refractivity (Wildman–Crippen MR) is 90.0 cm³/mol. The minimum absolute atomic E-state index is 0.00267. The highest BCUT2D eigenvalue weighted by molar-refractivity contribution is 6.31. The van der Waals surface area contributed by atoms with E-state index in [0.717, 1.165) is 12.0 Å². The molecule has 0 saturated carbocycles. The number of amidine groups is 1. The van der Waals surface area contributed by atoms with E-state index in [1.54, 1.807) is 30.3 Å². The first-order valence-corrected chi connectivity index (χ1v) is 7.40. The molecule has 2 aromatic carbocycles. The molecule has 0 aliphatic carbocycles. The highest BCUT2D eigenvalue weighted by Crippen LogP contribution is 2.22. The van der Waals surface area contributed by atoms with Gasteiger partial charge in [0.15, 0.2) is 5.84 Å². The van der Waals surface area contributed by atoms with Crippen molar-refractivity contribution in [3.05, 3.63) is 64.2 Å². The summed E-state index contributed by atoms with van der Waals surface area (Å²) in [6.07, 6.45) is 0.898. The molecule has 0 radical (unpaired) electrons. The van der Waals surface area contributed by atoms with E-state index in [2.05, 4.69) is 5.16 Å². The van der Waals surface area contributed by atoms with Crippen molar-refractivity contribution in [2.24, 2.45) is 10.9 Å². The Labute approximate surface area is 139 Å². The summed E-state index contributed by atoms with van der Waals surface area (Å²) < 4.78 is 5.18. The van der Waals surface area contributed by atoms with E-state index in [1.807, 2.05) is 19.1 Å². The monoisotopic (exact) mass is 332 g/mol.